The number of piperidine rings is 1. The standard InChI is InChI=1S/C12H16N4O2S/c1-19(17,18)15-10-4-3-7-16(9-10)12-5-2-6-14-11(12)8-13/h2,5-6,10,15H,3-4,7,9H2,1H3. The summed E-state index contributed by atoms with van der Waals surface area (Å²) in [5.74, 6) is 0. The van der Waals surface area contributed by atoms with E-state index in [0.29, 0.717) is 12.2 Å². The Morgan fingerprint density at radius 3 is 3.05 bits per heavy atom. The largest absolute Gasteiger partial charge is 0.368 e. The van der Waals surface area contributed by atoms with Crippen molar-refractivity contribution in [2.75, 3.05) is 24.2 Å². The normalized spacial score (nSPS) is 20.0. The van der Waals surface area contributed by atoms with Gasteiger partial charge in [0.05, 0.1) is 11.9 Å². The Balaban J connectivity index is 2.15. The van der Waals surface area contributed by atoms with Gasteiger partial charge in [0.1, 0.15) is 6.07 Å². The van der Waals surface area contributed by atoms with Gasteiger partial charge in [-0.1, -0.05) is 0 Å². The topological polar surface area (TPSA) is 86.1 Å². The number of nitrogens with zero attached hydrogens (tertiary/aromatic N) is 3. The third-order valence-corrected chi connectivity index (χ3v) is 3.80. The van der Waals surface area contributed by atoms with Crippen LogP contribution < -0.4 is 9.62 Å². The Bertz CT molecular complexity index is 594. The van der Waals surface area contributed by atoms with Crippen molar-refractivity contribution in [3.63, 3.8) is 0 Å². The fourth-order valence-electron chi connectivity index (χ4n) is 2.33. The fourth-order valence-corrected chi connectivity index (χ4v) is 3.13. The zero-order valence-electron chi connectivity index (χ0n) is 10.7. The molecule has 6 nitrogen and oxygen atoms in total. The molecule has 0 aliphatic carbocycles. The lowest BCUT2D eigenvalue weighted by molar-refractivity contribution is 0.467. The summed E-state index contributed by atoms with van der Waals surface area (Å²) in [6, 6.07) is 5.57. The van der Waals surface area contributed by atoms with E-state index in [1.165, 1.54) is 0 Å². The van der Waals surface area contributed by atoms with E-state index in [-0.39, 0.29) is 6.04 Å². The lowest BCUT2D eigenvalue weighted by Crippen LogP contribution is -2.47. The van der Waals surface area contributed by atoms with Crippen LogP contribution in [0.1, 0.15) is 18.5 Å². The molecule has 1 unspecified atom stereocenters. The van der Waals surface area contributed by atoms with Crippen molar-refractivity contribution in [3.8, 4) is 6.07 Å². The molecule has 1 aromatic rings. The molecule has 1 saturated heterocycles. The molecule has 2 heterocycles. The zero-order chi connectivity index (χ0) is 13.9. The Morgan fingerprint density at radius 2 is 2.37 bits per heavy atom. The van der Waals surface area contributed by atoms with Gasteiger partial charge < -0.3 is 4.90 Å². The van der Waals surface area contributed by atoms with Gasteiger partial charge in [-0.15, -0.1) is 0 Å². The van der Waals surface area contributed by atoms with Crippen LogP contribution in [0.25, 0.3) is 0 Å². The maximum atomic E-state index is 11.3. The summed E-state index contributed by atoms with van der Waals surface area (Å²) in [5.41, 5.74) is 1.15. The van der Waals surface area contributed by atoms with Crippen LogP contribution >= 0.6 is 0 Å². The number of rotatable bonds is 3. The number of hydrogen-bond acceptors (Lipinski definition) is 5. The average Bonchev–Trinajstić information content (AvgIpc) is 2.37. The van der Waals surface area contributed by atoms with Crippen molar-refractivity contribution < 1.29 is 8.42 Å². The summed E-state index contributed by atoms with van der Waals surface area (Å²) in [5, 5.41) is 9.05. The molecule has 1 aromatic heterocycles. The molecular weight excluding hydrogens is 264 g/mol. The minimum Gasteiger partial charge on any atom is -0.368 e. The van der Waals surface area contributed by atoms with E-state index in [4.69, 9.17) is 5.26 Å². The van der Waals surface area contributed by atoms with Gasteiger partial charge in [-0.25, -0.2) is 18.1 Å². The van der Waals surface area contributed by atoms with Gasteiger partial charge in [0, 0.05) is 25.3 Å². The Hall–Kier alpha value is -1.65. The summed E-state index contributed by atoms with van der Waals surface area (Å²) >= 11 is 0. The van der Waals surface area contributed by atoms with E-state index in [9.17, 15) is 8.42 Å². The summed E-state index contributed by atoms with van der Waals surface area (Å²) in [4.78, 5) is 6.04. The Labute approximate surface area is 113 Å². The maximum Gasteiger partial charge on any atom is 0.209 e. The van der Waals surface area contributed by atoms with Gasteiger partial charge in [-0.05, 0) is 25.0 Å². The molecule has 0 aromatic carbocycles. The molecule has 0 saturated carbocycles. The molecule has 1 atom stereocenters. The number of anilines is 1. The second-order valence-corrected chi connectivity index (χ2v) is 6.44. The first-order valence-electron chi connectivity index (χ1n) is 6.07. The van der Waals surface area contributed by atoms with Crippen LogP contribution in [0.5, 0.6) is 0 Å². The minimum atomic E-state index is -3.20. The van der Waals surface area contributed by atoms with Crippen LogP contribution in [-0.4, -0.2) is 38.8 Å². The highest BCUT2D eigenvalue weighted by atomic mass is 32.2. The van der Waals surface area contributed by atoms with Gasteiger partial charge in [0.15, 0.2) is 5.69 Å². The molecule has 1 aliphatic rings. The van der Waals surface area contributed by atoms with E-state index in [0.717, 1.165) is 31.3 Å². The predicted octanol–water partition coefficient (Wildman–Crippen LogP) is 0.471. The number of nitriles is 1. The molecule has 19 heavy (non-hydrogen) atoms. The smallest absolute Gasteiger partial charge is 0.209 e. The van der Waals surface area contributed by atoms with Gasteiger partial charge in [0.25, 0.3) is 0 Å². The molecule has 0 radical (unpaired) electrons. The summed E-state index contributed by atoms with van der Waals surface area (Å²) < 4.78 is 25.2. The van der Waals surface area contributed by atoms with Crippen molar-refractivity contribution in [3.05, 3.63) is 24.0 Å². The van der Waals surface area contributed by atoms with Crippen molar-refractivity contribution in [1.82, 2.24) is 9.71 Å². The first-order valence-corrected chi connectivity index (χ1v) is 7.96. The molecule has 1 aliphatic heterocycles. The zero-order valence-corrected chi connectivity index (χ0v) is 11.5. The molecule has 2 rings (SSSR count). The van der Waals surface area contributed by atoms with Crippen molar-refractivity contribution in [2.24, 2.45) is 0 Å². The Morgan fingerprint density at radius 1 is 1.58 bits per heavy atom. The minimum absolute atomic E-state index is 0.115. The highest BCUT2D eigenvalue weighted by Crippen LogP contribution is 2.22. The molecule has 0 amide bonds. The highest BCUT2D eigenvalue weighted by molar-refractivity contribution is 7.88. The number of sulfonamides is 1. The van der Waals surface area contributed by atoms with E-state index in [1.54, 1.807) is 12.3 Å². The molecule has 0 spiro atoms. The van der Waals surface area contributed by atoms with E-state index in [2.05, 4.69) is 15.8 Å². The average molecular weight is 280 g/mol. The predicted molar refractivity (Wildman–Crippen MR) is 72.2 cm³/mol. The summed E-state index contributed by atoms with van der Waals surface area (Å²) in [6.45, 7) is 1.37. The third kappa shape index (κ3) is 3.66. The van der Waals surface area contributed by atoms with E-state index >= 15 is 0 Å². The van der Waals surface area contributed by atoms with Crippen molar-refractivity contribution >= 4 is 15.7 Å². The first-order chi connectivity index (χ1) is 8.99. The monoisotopic (exact) mass is 280 g/mol. The summed E-state index contributed by atoms with van der Waals surface area (Å²) in [6.07, 6.45) is 4.44. The quantitative estimate of drug-likeness (QED) is 0.870. The van der Waals surface area contributed by atoms with E-state index in [1.807, 2.05) is 11.0 Å². The fraction of sp³-hybridized carbons (Fsp3) is 0.500. The Kier molecular flexibility index (Phi) is 4.02. The van der Waals surface area contributed by atoms with Gasteiger partial charge >= 0.3 is 0 Å². The third-order valence-electron chi connectivity index (χ3n) is 3.04. The van der Waals surface area contributed by atoms with Crippen molar-refractivity contribution in [1.29, 1.82) is 5.26 Å². The molecular formula is C12H16N4O2S. The number of pyridine rings is 1. The molecule has 0 bridgehead atoms. The molecule has 1 N–H and O–H groups in total. The molecule has 1 fully saturated rings. The lowest BCUT2D eigenvalue weighted by Gasteiger charge is -2.34. The highest BCUT2D eigenvalue weighted by Gasteiger charge is 2.24. The first kappa shape index (κ1) is 13.8. The summed E-state index contributed by atoms with van der Waals surface area (Å²) in [7, 11) is -3.20. The van der Waals surface area contributed by atoms with Crippen LogP contribution in [-0.2, 0) is 10.0 Å². The number of nitrogens with one attached hydrogen (secondary N) is 1. The van der Waals surface area contributed by atoms with Crippen LogP contribution in [0.2, 0.25) is 0 Å². The second kappa shape index (κ2) is 5.55. The number of aromatic nitrogens is 1. The van der Waals surface area contributed by atoms with Gasteiger partial charge in [-0.2, -0.15) is 5.26 Å². The number of hydrogen-bond donors (Lipinski definition) is 1. The van der Waals surface area contributed by atoms with Crippen LogP contribution in [0.3, 0.4) is 0 Å². The van der Waals surface area contributed by atoms with Crippen molar-refractivity contribution in [2.45, 2.75) is 18.9 Å². The lowest BCUT2D eigenvalue weighted by atomic mass is 10.1. The molecule has 102 valence electrons. The second-order valence-electron chi connectivity index (χ2n) is 4.66. The van der Waals surface area contributed by atoms with Crippen LogP contribution in [0.4, 0.5) is 5.69 Å². The van der Waals surface area contributed by atoms with Gasteiger partial charge in [-0.3, -0.25) is 0 Å². The SMILES string of the molecule is CS(=O)(=O)NC1CCCN(c2cccnc2C#N)C1. The van der Waals surface area contributed by atoms with E-state index < -0.39 is 10.0 Å². The maximum absolute atomic E-state index is 11.3. The van der Waals surface area contributed by atoms with Crippen LogP contribution in [0, 0.1) is 11.3 Å². The molecule has 7 heteroatoms. The van der Waals surface area contributed by atoms with Gasteiger partial charge in [0.2, 0.25) is 10.0 Å². The van der Waals surface area contributed by atoms with Crippen LogP contribution in [0.15, 0.2) is 18.3 Å².